The number of rotatable bonds is 6. The lowest BCUT2D eigenvalue weighted by Crippen LogP contribution is -2.33. The number of ketones is 1. The first-order valence-corrected chi connectivity index (χ1v) is 9.35. The second-order valence-electron chi connectivity index (χ2n) is 8.70. The Balaban J connectivity index is 2.25. The molecule has 0 aromatic heterocycles. The van der Waals surface area contributed by atoms with Gasteiger partial charge in [0, 0.05) is 17.9 Å². The Morgan fingerprint density at radius 1 is 1.32 bits per heavy atom. The van der Waals surface area contributed by atoms with Crippen LogP contribution in [0.1, 0.15) is 66.7 Å². The van der Waals surface area contributed by atoms with Gasteiger partial charge in [0.25, 0.3) is 0 Å². The molecule has 0 heterocycles. The third kappa shape index (κ3) is 4.05. The van der Waals surface area contributed by atoms with Gasteiger partial charge >= 0.3 is 5.97 Å². The highest BCUT2D eigenvalue weighted by Crippen LogP contribution is 2.57. The van der Waals surface area contributed by atoms with Gasteiger partial charge < -0.3 is 10.2 Å². The number of carboxylic acids is 1. The Kier molecular flexibility index (Phi) is 5.62. The molecule has 25 heavy (non-hydrogen) atoms. The van der Waals surface area contributed by atoms with Gasteiger partial charge in [-0.3, -0.25) is 9.59 Å². The van der Waals surface area contributed by atoms with Gasteiger partial charge in [0.15, 0.2) is 5.78 Å². The highest BCUT2D eigenvalue weighted by molar-refractivity contribution is 6.00. The average Bonchev–Trinajstić information content (AvgIpc) is 2.84. The fourth-order valence-corrected chi connectivity index (χ4v) is 4.56. The standard InChI is InChI=1S/C21H32O4/c1-13(6-7-14(2)20(3,4)25)16-8-9-17-15(12-19(23)24)18(22)10-11-21(16,17)5/h6-7,13-14,16,25H,8-12H2,1-5H3,(H,23,24)/b7-6+/t13-,14+,16-,21-/m1/s1. The van der Waals surface area contributed by atoms with E-state index in [1.807, 2.05) is 20.8 Å². The Morgan fingerprint density at radius 3 is 2.52 bits per heavy atom. The minimum absolute atomic E-state index is 0.0226. The van der Waals surface area contributed by atoms with E-state index in [-0.39, 0.29) is 23.5 Å². The molecule has 4 nitrogen and oxygen atoms in total. The maximum Gasteiger partial charge on any atom is 0.307 e. The largest absolute Gasteiger partial charge is 0.481 e. The molecule has 2 N–H and O–H groups in total. The Labute approximate surface area is 151 Å². The first kappa shape index (κ1) is 19.9. The van der Waals surface area contributed by atoms with E-state index in [1.165, 1.54) is 0 Å². The van der Waals surface area contributed by atoms with Crippen molar-refractivity contribution in [3.05, 3.63) is 23.3 Å². The zero-order chi connectivity index (χ0) is 19.0. The second kappa shape index (κ2) is 7.06. The van der Waals surface area contributed by atoms with Gasteiger partial charge in [-0.2, -0.15) is 0 Å². The predicted molar refractivity (Wildman–Crippen MR) is 98.1 cm³/mol. The molecule has 0 aliphatic heterocycles. The van der Waals surface area contributed by atoms with Gasteiger partial charge in [0.1, 0.15) is 0 Å². The molecule has 0 aromatic carbocycles. The molecule has 2 aliphatic rings. The van der Waals surface area contributed by atoms with Crippen LogP contribution in [0.3, 0.4) is 0 Å². The molecule has 0 radical (unpaired) electrons. The van der Waals surface area contributed by atoms with Crippen molar-refractivity contribution in [2.45, 2.75) is 72.3 Å². The minimum Gasteiger partial charge on any atom is -0.481 e. The molecule has 1 fully saturated rings. The molecular weight excluding hydrogens is 316 g/mol. The number of fused-ring (bicyclic) bond motifs is 1. The van der Waals surface area contributed by atoms with Gasteiger partial charge in [-0.25, -0.2) is 0 Å². The van der Waals surface area contributed by atoms with Crippen molar-refractivity contribution >= 4 is 11.8 Å². The van der Waals surface area contributed by atoms with Crippen LogP contribution in [-0.2, 0) is 9.59 Å². The van der Waals surface area contributed by atoms with Crippen molar-refractivity contribution in [3.8, 4) is 0 Å². The molecule has 0 amide bonds. The SMILES string of the molecule is C[C@H](/C=C/[C@H](C)C(C)(C)O)[C@H]1CCC2=C(CC(=O)O)C(=O)CC[C@@]21C. The van der Waals surface area contributed by atoms with Crippen LogP contribution in [0.2, 0.25) is 0 Å². The van der Waals surface area contributed by atoms with Crippen LogP contribution in [0.5, 0.6) is 0 Å². The molecule has 2 aliphatic carbocycles. The summed E-state index contributed by atoms with van der Waals surface area (Å²) in [6, 6.07) is 0. The fourth-order valence-electron chi connectivity index (χ4n) is 4.56. The Morgan fingerprint density at radius 2 is 1.96 bits per heavy atom. The normalized spacial score (nSPS) is 29.8. The third-order valence-corrected chi connectivity index (χ3v) is 6.57. The van der Waals surface area contributed by atoms with E-state index in [2.05, 4.69) is 26.0 Å². The van der Waals surface area contributed by atoms with Crippen LogP contribution in [0.15, 0.2) is 23.3 Å². The number of aliphatic hydroxyl groups is 1. The van der Waals surface area contributed by atoms with Crippen LogP contribution in [0.25, 0.3) is 0 Å². The molecule has 0 saturated heterocycles. The van der Waals surface area contributed by atoms with Crippen molar-refractivity contribution in [2.75, 3.05) is 0 Å². The van der Waals surface area contributed by atoms with Gasteiger partial charge in [0.05, 0.1) is 12.0 Å². The summed E-state index contributed by atoms with van der Waals surface area (Å²) in [6.45, 7) is 10.0. The molecule has 4 atom stereocenters. The van der Waals surface area contributed by atoms with Crippen LogP contribution < -0.4 is 0 Å². The number of carbonyl (C=O) groups is 2. The lowest BCUT2D eigenvalue weighted by Gasteiger charge is -2.39. The number of hydrogen-bond acceptors (Lipinski definition) is 3. The Bertz CT molecular complexity index is 608. The molecule has 1 saturated carbocycles. The second-order valence-corrected chi connectivity index (χ2v) is 8.70. The lowest BCUT2D eigenvalue weighted by atomic mass is 9.64. The number of hydrogen-bond donors (Lipinski definition) is 2. The zero-order valence-electron chi connectivity index (χ0n) is 16.1. The monoisotopic (exact) mass is 348 g/mol. The summed E-state index contributed by atoms with van der Waals surface area (Å²) in [4.78, 5) is 23.4. The van der Waals surface area contributed by atoms with Crippen LogP contribution in [0, 0.1) is 23.2 Å². The molecule has 140 valence electrons. The summed E-state index contributed by atoms with van der Waals surface area (Å²) in [6.07, 6.45) is 7.22. The van der Waals surface area contributed by atoms with E-state index in [9.17, 15) is 14.7 Å². The highest BCUT2D eigenvalue weighted by Gasteiger charge is 2.48. The fraction of sp³-hybridized carbons (Fsp3) is 0.714. The summed E-state index contributed by atoms with van der Waals surface area (Å²) in [5, 5.41) is 19.3. The van der Waals surface area contributed by atoms with E-state index in [0.29, 0.717) is 23.8 Å². The molecule has 2 rings (SSSR count). The van der Waals surface area contributed by atoms with Gasteiger partial charge in [-0.05, 0) is 50.4 Å². The molecule has 0 unspecified atom stereocenters. The predicted octanol–water partition coefficient (Wildman–Crippen LogP) is 4.14. The molecule has 0 bridgehead atoms. The first-order chi connectivity index (χ1) is 11.5. The van der Waals surface area contributed by atoms with Crippen molar-refractivity contribution in [1.29, 1.82) is 0 Å². The number of aliphatic carboxylic acids is 1. The number of carboxylic acid groups (broad SMARTS) is 1. The summed E-state index contributed by atoms with van der Waals surface area (Å²) in [5.41, 5.74) is 0.824. The van der Waals surface area contributed by atoms with Crippen LogP contribution in [0.4, 0.5) is 0 Å². The summed E-state index contributed by atoms with van der Waals surface area (Å²) in [7, 11) is 0. The number of carbonyl (C=O) groups excluding carboxylic acids is 1. The van der Waals surface area contributed by atoms with Gasteiger partial charge in [-0.15, -0.1) is 0 Å². The van der Waals surface area contributed by atoms with Crippen molar-refractivity contribution in [1.82, 2.24) is 0 Å². The van der Waals surface area contributed by atoms with Crippen molar-refractivity contribution in [3.63, 3.8) is 0 Å². The topological polar surface area (TPSA) is 74.6 Å². The maximum atomic E-state index is 12.3. The molecule has 0 spiro atoms. The first-order valence-electron chi connectivity index (χ1n) is 9.35. The third-order valence-electron chi connectivity index (χ3n) is 6.57. The number of allylic oxidation sites excluding steroid dienone is 2. The van der Waals surface area contributed by atoms with E-state index >= 15 is 0 Å². The molecule has 4 heteroatoms. The van der Waals surface area contributed by atoms with Crippen LogP contribution in [-0.4, -0.2) is 27.6 Å². The molecular formula is C21H32O4. The van der Waals surface area contributed by atoms with E-state index in [0.717, 1.165) is 24.8 Å². The summed E-state index contributed by atoms with van der Waals surface area (Å²) in [5.74, 6) is -0.101. The van der Waals surface area contributed by atoms with Crippen LogP contribution >= 0.6 is 0 Å². The number of Topliss-reactive ketones (excluding diaryl/α,β-unsaturated/α-hetero) is 1. The van der Waals surface area contributed by atoms with E-state index < -0.39 is 11.6 Å². The molecule has 0 aromatic rings. The van der Waals surface area contributed by atoms with Gasteiger partial charge in [0.2, 0.25) is 0 Å². The average molecular weight is 348 g/mol. The minimum atomic E-state index is -0.921. The van der Waals surface area contributed by atoms with Gasteiger partial charge in [-0.1, -0.05) is 38.5 Å². The zero-order valence-corrected chi connectivity index (χ0v) is 16.1. The van der Waals surface area contributed by atoms with E-state index in [4.69, 9.17) is 5.11 Å². The summed E-state index contributed by atoms with van der Waals surface area (Å²) < 4.78 is 0. The quantitative estimate of drug-likeness (QED) is 0.708. The van der Waals surface area contributed by atoms with E-state index in [1.54, 1.807) is 0 Å². The van der Waals surface area contributed by atoms with Crippen molar-refractivity contribution in [2.24, 2.45) is 23.2 Å². The Hall–Kier alpha value is -1.42. The smallest absolute Gasteiger partial charge is 0.307 e. The summed E-state index contributed by atoms with van der Waals surface area (Å²) >= 11 is 0. The van der Waals surface area contributed by atoms with Crippen molar-refractivity contribution < 1.29 is 19.8 Å². The highest BCUT2D eigenvalue weighted by atomic mass is 16.4. The maximum absolute atomic E-state index is 12.3. The lowest BCUT2D eigenvalue weighted by molar-refractivity contribution is -0.137.